The highest BCUT2D eigenvalue weighted by atomic mass is 32.1. The van der Waals surface area contributed by atoms with Crippen LogP contribution < -0.4 is 0 Å². The minimum absolute atomic E-state index is 0.940. The zero-order valence-corrected chi connectivity index (χ0v) is 27.1. The van der Waals surface area contributed by atoms with Gasteiger partial charge in [0.2, 0.25) is 0 Å². The summed E-state index contributed by atoms with van der Waals surface area (Å²) in [7, 11) is 0. The largest absolute Gasteiger partial charge is 0.309 e. The van der Waals surface area contributed by atoms with Gasteiger partial charge in [-0.2, -0.15) is 0 Å². The Morgan fingerprint density at radius 3 is 2.04 bits per heavy atom. The third-order valence-corrected chi connectivity index (χ3v) is 10.8. The maximum absolute atomic E-state index is 5.14. The second kappa shape index (κ2) is 10.5. The Bertz CT molecular complexity index is 2830. The summed E-state index contributed by atoms with van der Waals surface area (Å²) in [5, 5.41) is 5.16. The molecule has 0 bridgehead atoms. The number of benzene rings is 7. The third-order valence-electron chi connectivity index (χ3n) is 9.60. The number of imidazole rings is 1. The van der Waals surface area contributed by atoms with E-state index in [0.717, 1.165) is 33.8 Å². The molecule has 0 N–H and O–H groups in total. The molecular weight excluding hydrogens is 603 g/mol. The summed E-state index contributed by atoms with van der Waals surface area (Å²) < 4.78 is 7.33. The maximum atomic E-state index is 5.14. The standard InChI is InChI=1S/C44H29N3S/c1-28-18-24-41-38(26-28)45-44(47(41)31-10-3-2-4-11-31)29-19-22-32(23-20-29)46-39-16-7-5-12-34(39)37-27-30(21-25-40(37)46)33-14-9-15-36-35-13-6-8-17-42(35)48-43(33)36/h2-27H,1H3. The van der Waals surface area contributed by atoms with E-state index in [1.165, 1.54) is 58.7 Å². The second-order valence-electron chi connectivity index (χ2n) is 12.5. The van der Waals surface area contributed by atoms with E-state index in [0.29, 0.717) is 0 Å². The first-order chi connectivity index (χ1) is 23.7. The Morgan fingerprint density at radius 1 is 0.479 bits per heavy atom. The summed E-state index contributed by atoms with van der Waals surface area (Å²) in [5.41, 5.74) is 11.6. The summed E-state index contributed by atoms with van der Waals surface area (Å²) in [6.07, 6.45) is 0. The molecule has 3 nitrogen and oxygen atoms in total. The summed E-state index contributed by atoms with van der Waals surface area (Å²) in [4.78, 5) is 5.14. The Balaban J connectivity index is 1.12. The molecule has 0 atom stereocenters. The monoisotopic (exact) mass is 631 g/mol. The van der Waals surface area contributed by atoms with E-state index < -0.39 is 0 Å². The molecule has 48 heavy (non-hydrogen) atoms. The van der Waals surface area contributed by atoms with Gasteiger partial charge in [0, 0.05) is 47.9 Å². The van der Waals surface area contributed by atoms with Crippen molar-refractivity contribution in [2.75, 3.05) is 0 Å². The SMILES string of the molecule is Cc1ccc2c(c1)nc(-c1ccc(-n3c4ccccc4c4cc(-c5cccc6c5sc5ccccc56)ccc43)cc1)n2-c1ccccc1. The van der Waals surface area contributed by atoms with Crippen LogP contribution in [0.1, 0.15) is 5.56 Å². The fourth-order valence-electron chi connectivity index (χ4n) is 7.38. The van der Waals surface area contributed by atoms with E-state index >= 15 is 0 Å². The van der Waals surface area contributed by atoms with Crippen molar-refractivity contribution in [1.29, 1.82) is 0 Å². The van der Waals surface area contributed by atoms with Crippen LogP contribution in [0.4, 0.5) is 0 Å². The molecule has 3 aromatic heterocycles. The lowest BCUT2D eigenvalue weighted by molar-refractivity contribution is 1.10. The van der Waals surface area contributed by atoms with Gasteiger partial charge in [0.05, 0.1) is 22.1 Å². The van der Waals surface area contributed by atoms with Crippen LogP contribution in [0.25, 0.3) is 86.9 Å². The zero-order valence-electron chi connectivity index (χ0n) is 26.3. The van der Waals surface area contributed by atoms with Gasteiger partial charge in [-0.3, -0.25) is 4.57 Å². The fraction of sp³-hybridized carbons (Fsp3) is 0.0227. The Labute approximate surface area is 281 Å². The van der Waals surface area contributed by atoms with Crippen molar-refractivity contribution >= 4 is 64.3 Å². The molecule has 7 aromatic carbocycles. The van der Waals surface area contributed by atoms with Gasteiger partial charge in [-0.1, -0.05) is 84.9 Å². The number of para-hydroxylation sites is 2. The van der Waals surface area contributed by atoms with E-state index in [2.05, 4.69) is 174 Å². The fourth-order valence-corrected chi connectivity index (χ4v) is 8.61. The second-order valence-corrected chi connectivity index (χ2v) is 13.6. The molecule has 0 aliphatic rings. The van der Waals surface area contributed by atoms with Gasteiger partial charge in [0.15, 0.2) is 0 Å². The number of thiophene rings is 1. The topological polar surface area (TPSA) is 22.8 Å². The molecule has 3 heterocycles. The summed E-state index contributed by atoms with van der Waals surface area (Å²) in [6.45, 7) is 2.12. The highest BCUT2D eigenvalue weighted by Gasteiger charge is 2.18. The van der Waals surface area contributed by atoms with Crippen molar-refractivity contribution in [2.24, 2.45) is 0 Å². The van der Waals surface area contributed by atoms with E-state index in [1.54, 1.807) is 0 Å². The van der Waals surface area contributed by atoms with Crippen molar-refractivity contribution in [3.05, 3.63) is 163 Å². The molecule has 0 spiro atoms. The molecule has 0 amide bonds. The van der Waals surface area contributed by atoms with Gasteiger partial charge in [-0.05, 0) is 96.4 Å². The van der Waals surface area contributed by atoms with E-state index in [1.807, 2.05) is 11.3 Å². The molecule has 0 fully saturated rings. The van der Waals surface area contributed by atoms with Crippen LogP contribution in [0, 0.1) is 6.92 Å². The first-order valence-electron chi connectivity index (χ1n) is 16.3. The third kappa shape index (κ3) is 4.09. The minimum atomic E-state index is 0.940. The van der Waals surface area contributed by atoms with E-state index in [-0.39, 0.29) is 0 Å². The highest BCUT2D eigenvalue weighted by molar-refractivity contribution is 7.26. The molecule has 10 rings (SSSR count). The number of hydrogen-bond acceptors (Lipinski definition) is 2. The lowest BCUT2D eigenvalue weighted by Crippen LogP contribution is -1.98. The van der Waals surface area contributed by atoms with Gasteiger partial charge in [-0.25, -0.2) is 4.98 Å². The summed E-state index contributed by atoms with van der Waals surface area (Å²) in [5.74, 6) is 0.940. The Kier molecular flexibility index (Phi) is 5.96. The predicted molar refractivity (Wildman–Crippen MR) is 204 cm³/mol. The highest BCUT2D eigenvalue weighted by Crippen LogP contribution is 2.42. The number of aryl methyl sites for hydroxylation is 1. The molecule has 0 aliphatic carbocycles. The van der Waals surface area contributed by atoms with Gasteiger partial charge in [0.25, 0.3) is 0 Å². The number of rotatable bonds is 4. The van der Waals surface area contributed by atoms with Crippen molar-refractivity contribution in [3.63, 3.8) is 0 Å². The minimum Gasteiger partial charge on any atom is -0.309 e. The van der Waals surface area contributed by atoms with Crippen LogP contribution in [-0.4, -0.2) is 14.1 Å². The quantitative estimate of drug-likeness (QED) is 0.189. The van der Waals surface area contributed by atoms with Crippen molar-refractivity contribution in [2.45, 2.75) is 6.92 Å². The molecule has 0 radical (unpaired) electrons. The molecule has 0 aliphatic heterocycles. The van der Waals surface area contributed by atoms with Gasteiger partial charge in [-0.15, -0.1) is 11.3 Å². The number of hydrogen-bond donors (Lipinski definition) is 0. The number of nitrogens with zero attached hydrogens (tertiary/aromatic N) is 3. The predicted octanol–water partition coefficient (Wildman–Crippen LogP) is 12.1. The Morgan fingerprint density at radius 2 is 1.17 bits per heavy atom. The molecule has 0 saturated carbocycles. The van der Waals surface area contributed by atoms with Crippen LogP contribution in [-0.2, 0) is 0 Å². The molecule has 0 unspecified atom stereocenters. The summed E-state index contributed by atoms with van der Waals surface area (Å²) >= 11 is 1.88. The van der Waals surface area contributed by atoms with Gasteiger partial charge >= 0.3 is 0 Å². The van der Waals surface area contributed by atoms with Crippen molar-refractivity contribution < 1.29 is 0 Å². The summed E-state index contributed by atoms with van der Waals surface area (Å²) in [6, 6.07) is 57.0. The lowest BCUT2D eigenvalue weighted by atomic mass is 10.0. The molecule has 4 heteroatoms. The number of aromatic nitrogens is 3. The number of fused-ring (bicyclic) bond motifs is 7. The maximum Gasteiger partial charge on any atom is 0.145 e. The van der Waals surface area contributed by atoms with Crippen molar-refractivity contribution in [1.82, 2.24) is 14.1 Å². The van der Waals surface area contributed by atoms with Gasteiger partial charge in [0.1, 0.15) is 5.82 Å². The first-order valence-corrected chi connectivity index (χ1v) is 17.1. The smallest absolute Gasteiger partial charge is 0.145 e. The van der Waals surface area contributed by atoms with Crippen LogP contribution in [0.5, 0.6) is 0 Å². The van der Waals surface area contributed by atoms with E-state index in [9.17, 15) is 0 Å². The first kappa shape index (κ1) is 27.2. The average Bonchev–Trinajstić information content (AvgIpc) is 3.81. The zero-order chi connectivity index (χ0) is 31.8. The van der Waals surface area contributed by atoms with Crippen LogP contribution in [0.15, 0.2) is 158 Å². The van der Waals surface area contributed by atoms with Crippen molar-refractivity contribution in [3.8, 4) is 33.9 Å². The van der Waals surface area contributed by atoms with Crippen LogP contribution in [0.2, 0.25) is 0 Å². The average molecular weight is 632 g/mol. The van der Waals surface area contributed by atoms with Crippen LogP contribution >= 0.6 is 11.3 Å². The normalized spacial score (nSPS) is 11.9. The molecule has 0 saturated heterocycles. The van der Waals surface area contributed by atoms with E-state index in [4.69, 9.17) is 4.98 Å². The molecule has 10 aromatic rings. The molecule has 226 valence electrons. The lowest BCUT2D eigenvalue weighted by Gasteiger charge is -2.12. The van der Waals surface area contributed by atoms with Gasteiger partial charge < -0.3 is 4.57 Å². The Hall–Kier alpha value is -5.97. The van der Waals surface area contributed by atoms with Crippen LogP contribution in [0.3, 0.4) is 0 Å². The molecular formula is C44H29N3S.